The zero-order valence-electron chi connectivity index (χ0n) is 23.6. The van der Waals surface area contributed by atoms with Crippen molar-refractivity contribution in [1.29, 1.82) is 0 Å². The Labute approximate surface area is 218 Å². The number of carboxylic acid groups (broad SMARTS) is 1. The Morgan fingerprint density at radius 3 is 1.29 bits per heavy atom. The Morgan fingerprint density at radius 2 is 0.886 bits per heavy atom. The summed E-state index contributed by atoms with van der Waals surface area (Å²) in [5, 5.41) is 9.03. The summed E-state index contributed by atoms with van der Waals surface area (Å²) in [6.45, 7) is 4.51. The predicted molar refractivity (Wildman–Crippen MR) is 149 cm³/mol. The van der Waals surface area contributed by atoms with Crippen LogP contribution in [0, 0.1) is 0 Å². The van der Waals surface area contributed by atoms with Crippen LogP contribution in [0.1, 0.15) is 181 Å². The summed E-state index contributed by atoms with van der Waals surface area (Å²) in [6, 6.07) is 0. The summed E-state index contributed by atoms with van der Waals surface area (Å²) < 4.78 is 5.68. The predicted octanol–water partition coefficient (Wildman–Crippen LogP) is 10.2. The molecule has 0 radical (unpaired) electrons. The zero-order valence-corrected chi connectivity index (χ0v) is 23.6. The normalized spacial score (nSPS) is 12.1. The van der Waals surface area contributed by atoms with E-state index in [2.05, 4.69) is 13.8 Å². The van der Waals surface area contributed by atoms with Crippen molar-refractivity contribution in [3.8, 4) is 0 Å². The first-order valence-electron chi connectivity index (χ1n) is 15.5. The molecule has 0 aliphatic rings. The van der Waals surface area contributed by atoms with E-state index in [1.165, 1.54) is 116 Å². The van der Waals surface area contributed by atoms with Crippen LogP contribution in [0.4, 0.5) is 0 Å². The molecule has 0 saturated heterocycles. The number of rotatable bonds is 28. The van der Waals surface area contributed by atoms with Crippen LogP contribution < -0.4 is 0 Å². The molecule has 0 aliphatic carbocycles. The number of carboxylic acids is 1. The van der Waals surface area contributed by atoms with Crippen molar-refractivity contribution in [2.24, 2.45) is 0 Å². The molecule has 0 amide bonds. The second-order valence-electron chi connectivity index (χ2n) is 10.7. The third kappa shape index (κ3) is 27.4. The van der Waals surface area contributed by atoms with Crippen LogP contribution in [0.3, 0.4) is 0 Å². The highest BCUT2D eigenvalue weighted by Crippen LogP contribution is 2.17. The fraction of sp³-hybridized carbons (Fsp3) is 0.935. The lowest BCUT2D eigenvalue weighted by atomic mass is 10.0. The van der Waals surface area contributed by atoms with E-state index in [0.717, 1.165) is 32.1 Å². The lowest BCUT2D eigenvalue weighted by Gasteiger charge is -2.17. The van der Waals surface area contributed by atoms with Gasteiger partial charge in [-0.25, -0.2) is 0 Å². The molecule has 0 aliphatic heterocycles. The molecule has 35 heavy (non-hydrogen) atoms. The van der Waals surface area contributed by atoms with Crippen molar-refractivity contribution in [2.45, 2.75) is 187 Å². The van der Waals surface area contributed by atoms with Gasteiger partial charge in [-0.15, -0.1) is 0 Å². The molecule has 0 spiro atoms. The van der Waals surface area contributed by atoms with Crippen molar-refractivity contribution < 1.29 is 19.4 Å². The van der Waals surface area contributed by atoms with Gasteiger partial charge in [0, 0.05) is 12.8 Å². The van der Waals surface area contributed by atoms with Crippen LogP contribution in [-0.4, -0.2) is 23.1 Å². The Balaban J connectivity index is 3.78. The number of esters is 1. The van der Waals surface area contributed by atoms with Gasteiger partial charge in [0.2, 0.25) is 0 Å². The zero-order chi connectivity index (χ0) is 25.8. The minimum Gasteiger partial charge on any atom is -0.481 e. The first-order valence-corrected chi connectivity index (χ1v) is 15.5. The summed E-state index contributed by atoms with van der Waals surface area (Å²) >= 11 is 0. The minimum absolute atomic E-state index is 0.0778. The molecule has 208 valence electrons. The Morgan fingerprint density at radius 1 is 0.514 bits per heavy atom. The maximum atomic E-state index is 12.3. The third-order valence-electron chi connectivity index (χ3n) is 7.09. The van der Waals surface area contributed by atoms with Gasteiger partial charge in [0.1, 0.15) is 6.10 Å². The monoisotopic (exact) mass is 496 g/mol. The molecule has 0 aromatic heterocycles. The number of hydrogen-bond acceptors (Lipinski definition) is 3. The van der Waals surface area contributed by atoms with Gasteiger partial charge >= 0.3 is 11.9 Å². The van der Waals surface area contributed by atoms with Crippen LogP contribution in [0.5, 0.6) is 0 Å². The Hall–Kier alpha value is -1.06. The molecule has 0 fully saturated rings. The molecule has 1 unspecified atom stereocenters. The molecule has 4 heteroatoms. The van der Waals surface area contributed by atoms with Gasteiger partial charge in [-0.3, -0.25) is 9.59 Å². The van der Waals surface area contributed by atoms with E-state index < -0.39 is 5.97 Å². The molecule has 0 aromatic rings. The van der Waals surface area contributed by atoms with Crippen LogP contribution in [0.15, 0.2) is 0 Å². The van der Waals surface area contributed by atoms with Crippen LogP contribution in [0.2, 0.25) is 0 Å². The lowest BCUT2D eigenvalue weighted by Crippen LogP contribution is -2.19. The van der Waals surface area contributed by atoms with Crippen LogP contribution in [-0.2, 0) is 14.3 Å². The van der Waals surface area contributed by atoms with Gasteiger partial charge in [0.05, 0.1) is 0 Å². The molecule has 0 saturated carbocycles. The van der Waals surface area contributed by atoms with E-state index in [-0.39, 0.29) is 18.5 Å². The molecule has 0 rings (SSSR count). The maximum absolute atomic E-state index is 12.3. The molecule has 1 N–H and O–H groups in total. The summed E-state index contributed by atoms with van der Waals surface area (Å²) in [5.74, 6) is -0.949. The fourth-order valence-corrected chi connectivity index (χ4v) is 4.76. The third-order valence-corrected chi connectivity index (χ3v) is 7.09. The SMILES string of the molecule is CCCCCCCCCCCCCC(=O)OC(CCCCCCCCCCCCC)CCC(=O)O. The highest BCUT2D eigenvalue weighted by molar-refractivity contribution is 5.69. The summed E-state index contributed by atoms with van der Waals surface area (Å²) in [5.41, 5.74) is 0. The van der Waals surface area contributed by atoms with Crippen molar-refractivity contribution in [3.63, 3.8) is 0 Å². The highest BCUT2D eigenvalue weighted by Gasteiger charge is 2.15. The molecular formula is C31H60O4. The van der Waals surface area contributed by atoms with Gasteiger partial charge in [-0.05, 0) is 25.7 Å². The van der Waals surface area contributed by atoms with Crippen molar-refractivity contribution >= 4 is 11.9 Å². The van der Waals surface area contributed by atoms with E-state index in [1.807, 2.05) is 0 Å². The Kier molecular flexibility index (Phi) is 26.7. The number of ether oxygens (including phenoxy) is 1. The number of aliphatic carboxylic acids is 1. The first-order chi connectivity index (χ1) is 17.1. The van der Waals surface area contributed by atoms with Crippen molar-refractivity contribution in [1.82, 2.24) is 0 Å². The fourth-order valence-electron chi connectivity index (χ4n) is 4.76. The second kappa shape index (κ2) is 27.5. The summed E-state index contributed by atoms with van der Waals surface area (Å²) in [4.78, 5) is 23.3. The largest absolute Gasteiger partial charge is 0.481 e. The second-order valence-corrected chi connectivity index (χ2v) is 10.7. The van der Waals surface area contributed by atoms with E-state index in [4.69, 9.17) is 9.84 Å². The highest BCUT2D eigenvalue weighted by atomic mass is 16.5. The van der Waals surface area contributed by atoms with Gasteiger partial charge in [-0.2, -0.15) is 0 Å². The number of hydrogen-bond donors (Lipinski definition) is 1. The van der Waals surface area contributed by atoms with Crippen LogP contribution in [0.25, 0.3) is 0 Å². The molecule has 0 heterocycles. The van der Waals surface area contributed by atoms with Crippen molar-refractivity contribution in [2.75, 3.05) is 0 Å². The van der Waals surface area contributed by atoms with Gasteiger partial charge in [0.15, 0.2) is 0 Å². The minimum atomic E-state index is -0.810. The van der Waals surface area contributed by atoms with E-state index in [0.29, 0.717) is 12.8 Å². The first kappa shape index (κ1) is 33.9. The van der Waals surface area contributed by atoms with E-state index in [9.17, 15) is 9.59 Å². The summed E-state index contributed by atoms with van der Waals surface area (Å²) in [7, 11) is 0. The molecule has 0 bridgehead atoms. The average Bonchev–Trinajstić information content (AvgIpc) is 2.84. The summed E-state index contributed by atoms with van der Waals surface area (Å²) in [6.07, 6.45) is 29.6. The number of unbranched alkanes of at least 4 members (excludes halogenated alkanes) is 20. The van der Waals surface area contributed by atoms with E-state index >= 15 is 0 Å². The smallest absolute Gasteiger partial charge is 0.306 e. The van der Waals surface area contributed by atoms with Crippen molar-refractivity contribution in [3.05, 3.63) is 0 Å². The lowest BCUT2D eigenvalue weighted by molar-refractivity contribution is -0.151. The van der Waals surface area contributed by atoms with E-state index in [1.54, 1.807) is 0 Å². The maximum Gasteiger partial charge on any atom is 0.306 e. The molecule has 0 aromatic carbocycles. The van der Waals surface area contributed by atoms with Gasteiger partial charge in [0.25, 0.3) is 0 Å². The topological polar surface area (TPSA) is 63.6 Å². The quantitative estimate of drug-likeness (QED) is 0.0864. The number of carbonyl (C=O) groups is 2. The van der Waals surface area contributed by atoms with Crippen LogP contribution >= 0.6 is 0 Å². The number of carbonyl (C=O) groups excluding carboxylic acids is 1. The van der Waals surface area contributed by atoms with Gasteiger partial charge in [-0.1, -0.05) is 142 Å². The van der Waals surface area contributed by atoms with Gasteiger partial charge < -0.3 is 9.84 Å². The molecular weight excluding hydrogens is 436 g/mol. The molecule has 1 atom stereocenters. The average molecular weight is 497 g/mol. The Bertz CT molecular complexity index is 463. The molecule has 4 nitrogen and oxygen atoms in total. The standard InChI is InChI=1S/C31H60O4/c1-3-5-7-9-11-13-15-17-19-21-23-25-29(27-28-30(32)33)35-31(34)26-24-22-20-18-16-14-12-10-8-6-4-2/h29H,3-28H2,1-2H3,(H,32,33).